The first-order valence-corrected chi connectivity index (χ1v) is 5.87. The molecule has 2 N–H and O–H groups in total. The summed E-state index contributed by atoms with van der Waals surface area (Å²) in [6.07, 6.45) is 1.18. The lowest BCUT2D eigenvalue weighted by Gasteiger charge is -2.24. The summed E-state index contributed by atoms with van der Waals surface area (Å²) in [5, 5.41) is 0. The molecule has 88 valence electrons. The van der Waals surface area contributed by atoms with Gasteiger partial charge in [-0.15, -0.1) is 0 Å². The summed E-state index contributed by atoms with van der Waals surface area (Å²) in [6, 6.07) is 5.87. The molecular formula is C13H19FN2. The van der Waals surface area contributed by atoms with Gasteiger partial charge in [0.1, 0.15) is 5.82 Å². The molecule has 0 bridgehead atoms. The lowest BCUT2D eigenvalue weighted by molar-refractivity contribution is 0.609. The largest absolute Gasteiger partial charge is 0.368 e. The van der Waals surface area contributed by atoms with Crippen molar-refractivity contribution in [2.24, 2.45) is 11.7 Å². The zero-order valence-corrected chi connectivity index (χ0v) is 9.91. The molecule has 16 heavy (non-hydrogen) atoms. The first kappa shape index (κ1) is 11.4. The molecule has 3 heteroatoms. The van der Waals surface area contributed by atoms with Gasteiger partial charge in [-0.25, -0.2) is 4.39 Å². The summed E-state index contributed by atoms with van der Waals surface area (Å²) in [4.78, 5) is 2.27. The van der Waals surface area contributed by atoms with Gasteiger partial charge in [0.2, 0.25) is 0 Å². The summed E-state index contributed by atoms with van der Waals surface area (Å²) >= 11 is 0. The normalized spacial score (nSPS) is 25.1. The number of halogens is 1. The minimum Gasteiger partial charge on any atom is -0.368 e. The van der Waals surface area contributed by atoms with Gasteiger partial charge in [0, 0.05) is 30.4 Å². The van der Waals surface area contributed by atoms with E-state index < -0.39 is 0 Å². The Hall–Kier alpha value is -1.09. The van der Waals surface area contributed by atoms with E-state index in [0.29, 0.717) is 17.5 Å². The van der Waals surface area contributed by atoms with E-state index in [4.69, 9.17) is 5.73 Å². The van der Waals surface area contributed by atoms with Gasteiger partial charge in [-0.3, -0.25) is 0 Å². The highest BCUT2D eigenvalue weighted by atomic mass is 19.1. The molecule has 1 aromatic rings. The standard InChI is InChI=1S/C13H19FN2/c1-9-5-10(2)16(8-9)12-4-3-11(7-15)13(14)6-12/h3-4,6,9-10H,5,7-8,15H2,1-2H3. The molecular weight excluding hydrogens is 203 g/mol. The minimum atomic E-state index is -0.188. The number of benzene rings is 1. The van der Waals surface area contributed by atoms with E-state index >= 15 is 0 Å². The van der Waals surface area contributed by atoms with Crippen LogP contribution in [0.2, 0.25) is 0 Å². The first-order chi connectivity index (χ1) is 7.61. The zero-order valence-electron chi connectivity index (χ0n) is 9.91. The number of nitrogens with two attached hydrogens (primary N) is 1. The van der Waals surface area contributed by atoms with Crippen LogP contribution in [-0.4, -0.2) is 12.6 Å². The molecule has 1 aliphatic heterocycles. The highest BCUT2D eigenvalue weighted by molar-refractivity contribution is 5.50. The van der Waals surface area contributed by atoms with Crippen molar-refractivity contribution in [2.75, 3.05) is 11.4 Å². The van der Waals surface area contributed by atoms with Crippen LogP contribution in [0.15, 0.2) is 18.2 Å². The van der Waals surface area contributed by atoms with E-state index in [-0.39, 0.29) is 12.4 Å². The molecule has 0 aromatic heterocycles. The molecule has 0 spiro atoms. The van der Waals surface area contributed by atoms with Crippen molar-refractivity contribution in [1.82, 2.24) is 0 Å². The predicted octanol–water partition coefficient (Wildman–Crippen LogP) is 2.52. The third-order valence-corrected chi connectivity index (χ3v) is 3.37. The number of hydrogen-bond acceptors (Lipinski definition) is 2. The van der Waals surface area contributed by atoms with Gasteiger partial charge in [0.15, 0.2) is 0 Å². The second kappa shape index (κ2) is 4.42. The summed E-state index contributed by atoms with van der Waals surface area (Å²) < 4.78 is 13.6. The maximum Gasteiger partial charge on any atom is 0.129 e. The molecule has 0 saturated carbocycles. The Bertz CT molecular complexity index is 378. The molecule has 1 heterocycles. The third kappa shape index (κ3) is 2.05. The molecule has 1 aliphatic rings. The zero-order chi connectivity index (χ0) is 11.7. The fraction of sp³-hybridized carbons (Fsp3) is 0.538. The SMILES string of the molecule is CC1CC(C)N(c2ccc(CN)c(F)c2)C1. The van der Waals surface area contributed by atoms with Gasteiger partial charge in [0.05, 0.1) is 0 Å². The van der Waals surface area contributed by atoms with Gasteiger partial charge in [-0.2, -0.15) is 0 Å². The Morgan fingerprint density at radius 3 is 2.69 bits per heavy atom. The van der Waals surface area contributed by atoms with Gasteiger partial charge < -0.3 is 10.6 Å². The van der Waals surface area contributed by atoms with Crippen LogP contribution < -0.4 is 10.6 Å². The summed E-state index contributed by atoms with van der Waals surface area (Å²) in [6.45, 7) is 5.71. The summed E-state index contributed by atoms with van der Waals surface area (Å²) in [5.41, 5.74) is 7.01. The smallest absolute Gasteiger partial charge is 0.129 e. The molecule has 0 radical (unpaired) electrons. The topological polar surface area (TPSA) is 29.3 Å². The fourth-order valence-corrected chi connectivity index (χ4v) is 2.54. The first-order valence-electron chi connectivity index (χ1n) is 5.87. The maximum absolute atomic E-state index is 13.6. The van der Waals surface area contributed by atoms with Crippen LogP contribution in [0, 0.1) is 11.7 Å². The van der Waals surface area contributed by atoms with Crippen molar-refractivity contribution in [3.05, 3.63) is 29.6 Å². The predicted molar refractivity (Wildman–Crippen MR) is 64.9 cm³/mol. The van der Waals surface area contributed by atoms with Gasteiger partial charge in [0.25, 0.3) is 0 Å². The van der Waals surface area contributed by atoms with E-state index in [1.807, 2.05) is 6.07 Å². The molecule has 1 fully saturated rings. The number of hydrogen-bond donors (Lipinski definition) is 1. The quantitative estimate of drug-likeness (QED) is 0.833. The van der Waals surface area contributed by atoms with Crippen LogP contribution in [0.1, 0.15) is 25.8 Å². The molecule has 2 nitrogen and oxygen atoms in total. The van der Waals surface area contributed by atoms with Crippen molar-refractivity contribution in [3.8, 4) is 0 Å². The second-order valence-electron chi connectivity index (χ2n) is 4.82. The van der Waals surface area contributed by atoms with Gasteiger partial charge in [-0.1, -0.05) is 13.0 Å². The number of anilines is 1. The summed E-state index contributed by atoms with van der Waals surface area (Å²) in [7, 11) is 0. The van der Waals surface area contributed by atoms with E-state index in [1.54, 1.807) is 12.1 Å². The second-order valence-corrected chi connectivity index (χ2v) is 4.82. The molecule has 2 rings (SSSR count). The van der Waals surface area contributed by atoms with Crippen LogP contribution in [0.4, 0.5) is 10.1 Å². The molecule has 2 atom stereocenters. The third-order valence-electron chi connectivity index (χ3n) is 3.37. The van der Waals surface area contributed by atoms with Crippen LogP contribution in [0.25, 0.3) is 0 Å². The van der Waals surface area contributed by atoms with Gasteiger partial charge in [-0.05, 0) is 31.4 Å². The van der Waals surface area contributed by atoms with Crippen molar-refractivity contribution in [1.29, 1.82) is 0 Å². The Morgan fingerprint density at radius 2 is 2.19 bits per heavy atom. The molecule has 0 aliphatic carbocycles. The van der Waals surface area contributed by atoms with Crippen LogP contribution in [-0.2, 0) is 6.54 Å². The fourth-order valence-electron chi connectivity index (χ4n) is 2.54. The highest BCUT2D eigenvalue weighted by Gasteiger charge is 2.26. The van der Waals surface area contributed by atoms with Gasteiger partial charge >= 0.3 is 0 Å². The average molecular weight is 222 g/mol. The highest BCUT2D eigenvalue weighted by Crippen LogP contribution is 2.29. The Morgan fingerprint density at radius 1 is 1.44 bits per heavy atom. The Labute approximate surface area is 96.2 Å². The van der Waals surface area contributed by atoms with E-state index in [2.05, 4.69) is 18.7 Å². The van der Waals surface area contributed by atoms with E-state index in [1.165, 1.54) is 6.42 Å². The maximum atomic E-state index is 13.6. The molecule has 1 aromatic carbocycles. The van der Waals surface area contributed by atoms with E-state index in [9.17, 15) is 4.39 Å². The van der Waals surface area contributed by atoms with Crippen LogP contribution >= 0.6 is 0 Å². The molecule has 0 amide bonds. The van der Waals surface area contributed by atoms with E-state index in [0.717, 1.165) is 12.2 Å². The van der Waals surface area contributed by atoms with Crippen molar-refractivity contribution in [3.63, 3.8) is 0 Å². The Kier molecular flexibility index (Phi) is 3.15. The number of rotatable bonds is 2. The number of nitrogens with zero attached hydrogens (tertiary/aromatic N) is 1. The minimum absolute atomic E-state index is 0.188. The van der Waals surface area contributed by atoms with Crippen molar-refractivity contribution < 1.29 is 4.39 Å². The molecule has 2 unspecified atom stereocenters. The monoisotopic (exact) mass is 222 g/mol. The van der Waals surface area contributed by atoms with Crippen molar-refractivity contribution in [2.45, 2.75) is 32.9 Å². The lowest BCUT2D eigenvalue weighted by atomic mass is 10.1. The Balaban J connectivity index is 2.24. The summed E-state index contributed by atoms with van der Waals surface area (Å²) in [5.74, 6) is 0.499. The average Bonchev–Trinajstić information content (AvgIpc) is 2.58. The van der Waals surface area contributed by atoms with Crippen LogP contribution in [0.5, 0.6) is 0 Å². The molecule has 1 saturated heterocycles. The van der Waals surface area contributed by atoms with Crippen molar-refractivity contribution >= 4 is 5.69 Å². The van der Waals surface area contributed by atoms with Crippen LogP contribution in [0.3, 0.4) is 0 Å². The lowest BCUT2D eigenvalue weighted by Crippen LogP contribution is -2.26.